The highest BCUT2D eigenvalue weighted by atomic mass is 16.6. The summed E-state index contributed by atoms with van der Waals surface area (Å²) in [5.41, 5.74) is 2.93. The van der Waals surface area contributed by atoms with Crippen LogP contribution in [-0.2, 0) is 10.2 Å². The Kier molecular flexibility index (Phi) is 5.74. The molecule has 2 fully saturated rings. The van der Waals surface area contributed by atoms with Crippen molar-refractivity contribution >= 4 is 12.2 Å². The largest absolute Gasteiger partial charge is 0.449 e. The summed E-state index contributed by atoms with van der Waals surface area (Å²) in [5, 5.41) is 10.6. The molecule has 1 aromatic rings. The van der Waals surface area contributed by atoms with E-state index >= 15 is 0 Å². The van der Waals surface area contributed by atoms with Crippen molar-refractivity contribution in [2.24, 2.45) is 0 Å². The van der Waals surface area contributed by atoms with Crippen LogP contribution in [0.15, 0.2) is 30.3 Å². The summed E-state index contributed by atoms with van der Waals surface area (Å²) in [6, 6.07) is 8.69. The molecule has 1 aromatic carbocycles. The number of aliphatic hydroxyl groups is 1. The molecule has 2 heterocycles. The van der Waals surface area contributed by atoms with Gasteiger partial charge in [-0.1, -0.05) is 49.8 Å². The van der Waals surface area contributed by atoms with E-state index in [0.717, 1.165) is 38.8 Å². The summed E-state index contributed by atoms with van der Waals surface area (Å²) in [4.78, 5) is 16.5. The normalized spacial score (nSPS) is 26.4. The van der Waals surface area contributed by atoms with Crippen molar-refractivity contribution in [1.29, 1.82) is 0 Å². The molecule has 0 saturated carbocycles. The zero-order valence-corrected chi connectivity index (χ0v) is 16.8. The fourth-order valence-corrected chi connectivity index (χ4v) is 4.96. The molecule has 0 aromatic heterocycles. The van der Waals surface area contributed by atoms with Crippen LogP contribution in [0.1, 0.15) is 50.2 Å². The highest BCUT2D eigenvalue weighted by molar-refractivity contribution is 5.68. The van der Waals surface area contributed by atoms with Crippen LogP contribution < -0.4 is 0 Å². The van der Waals surface area contributed by atoms with Gasteiger partial charge in [0.25, 0.3) is 0 Å². The van der Waals surface area contributed by atoms with E-state index in [0.29, 0.717) is 26.1 Å². The molecule has 2 aliphatic heterocycles. The number of fused-ring (bicyclic) bond motifs is 2. The third-order valence-corrected chi connectivity index (χ3v) is 6.77. The van der Waals surface area contributed by atoms with E-state index < -0.39 is 0 Å². The number of nitrogens with zero attached hydrogens (tertiary/aromatic N) is 2. The van der Waals surface area contributed by atoms with Gasteiger partial charge in [-0.25, -0.2) is 4.79 Å². The molecule has 2 unspecified atom stereocenters. The number of hydrogen-bond donors (Lipinski definition) is 1. The van der Waals surface area contributed by atoms with E-state index in [1.54, 1.807) is 4.90 Å². The van der Waals surface area contributed by atoms with Crippen molar-refractivity contribution in [3.8, 4) is 0 Å². The number of rotatable bonds is 4. The van der Waals surface area contributed by atoms with Gasteiger partial charge in [0.1, 0.15) is 0 Å². The van der Waals surface area contributed by atoms with Crippen molar-refractivity contribution in [2.45, 2.75) is 56.6 Å². The number of benzene rings is 1. The van der Waals surface area contributed by atoms with E-state index in [4.69, 9.17) is 4.74 Å². The lowest BCUT2D eigenvalue weighted by molar-refractivity contribution is -0.0229. The minimum Gasteiger partial charge on any atom is -0.449 e. The lowest BCUT2D eigenvalue weighted by Crippen LogP contribution is -2.59. The van der Waals surface area contributed by atoms with Crippen LogP contribution >= 0.6 is 0 Å². The summed E-state index contributed by atoms with van der Waals surface area (Å²) in [6.45, 7) is 5.60. The Hall–Kier alpha value is -1.85. The number of likely N-dealkylation sites (tertiary alicyclic amines) is 2. The molecule has 0 bridgehead atoms. The van der Waals surface area contributed by atoms with Crippen LogP contribution in [0.25, 0.3) is 6.08 Å². The molecule has 2 atom stereocenters. The van der Waals surface area contributed by atoms with Gasteiger partial charge >= 0.3 is 6.09 Å². The highest BCUT2D eigenvalue weighted by Gasteiger charge is 2.42. The van der Waals surface area contributed by atoms with Gasteiger partial charge in [0.05, 0.1) is 18.8 Å². The molecule has 28 heavy (non-hydrogen) atoms. The number of carbonyl (C=O) groups is 1. The molecule has 1 spiro atoms. The van der Waals surface area contributed by atoms with E-state index in [9.17, 15) is 9.90 Å². The van der Waals surface area contributed by atoms with E-state index in [-0.39, 0.29) is 23.7 Å². The van der Waals surface area contributed by atoms with Gasteiger partial charge in [-0.2, -0.15) is 0 Å². The summed E-state index contributed by atoms with van der Waals surface area (Å²) < 4.78 is 5.39. The Labute approximate surface area is 168 Å². The molecule has 4 rings (SSSR count). The maximum absolute atomic E-state index is 12.3. The van der Waals surface area contributed by atoms with Crippen molar-refractivity contribution in [3.63, 3.8) is 0 Å². The Morgan fingerprint density at radius 2 is 2.04 bits per heavy atom. The second kappa shape index (κ2) is 8.26. The molecular formula is C23H32N2O3. The molecule has 1 N–H and O–H groups in total. The monoisotopic (exact) mass is 384 g/mol. The lowest BCUT2D eigenvalue weighted by atomic mass is 9.74. The van der Waals surface area contributed by atoms with Crippen molar-refractivity contribution in [3.05, 3.63) is 41.5 Å². The van der Waals surface area contributed by atoms with Gasteiger partial charge in [-0.05, 0) is 49.9 Å². The summed E-state index contributed by atoms with van der Waals surface area (Å²) in [6.07, 6.45) is 8.69. The number of allylic oxidation sites excluding steroid dienone is 1. The van der Waals surface area contributed by atoms with Gasteiger partial charge in [0.15, 0.2) is 0 Å². The van der Waals surface area contributed by atoms with Gasteiger partial charge < -0.3 is 14.7 Å². The quantitative estimate of drug-likeness (QED) is 0.808. The fraction of sp³-hybridized carbons (Fsp3) is 0.609. The van der Waals surface area contributed by atoms with Crippen LogP contribution in [-0.4, -0.2) is 65.9 Å². The van der Waals surface area contributed by atoms with Gasteiger partial charge in [0, 0.05) is 18.5 Å². The van der Waals surface area contributed by atoms with E-state index in [1.807, 2.05) is 0 Å². The second-order valence-corrected chi connectivity index (χ2v) is 8.45. The van der Waals surface area contributed by atoms with Crippen LogP contribution in [0.2, 0.25) is 0 Å². The third-order valence-electron chi connectivity index (χ3n) is 6.77. The number of carbonyl (C=O) groups excluding carboxylic acids is 1. The highest BCUT2D eigenvalue weighted by Crippen LogP contribution is 2.44. The van der Waals surface area contributed by atoms with Crippen molar-refractivity contribution < 1.29 is 14.6 Å². The molecule has 3 aliphatic rings. The van der Waals surface area contributed by atoms with Gasteiger partial charge in [0.2, 0.25) is 0 Å². The Balaban J connectivity index is 1.37. The fourth-order valence-electron chi connectivity index (χ4n) is 4.96. The topological polar surface area (TPSA) is 53.0 Å². The SMILES string of the molecule is CCCCOC(=O)N1CCC(O)C(N2CCC3(C=Cc4ccccc43)CC2)C1. The third kappa shape index (κ3) is 3.70. The predicted molar refractivity (Wildman–Crippen MR) is 110 cm³/mol. The van der Waals surface area contributed by atoms with E-state index in [2.05, 4.69) is 48.2 Å². The standard InChI is InChI=1S/C23H32N2O3/c1-2-3-16-28-22(27)25-13-9-21(26)20(17-25)24-14-11-23(12-15-24)10-8-18-6-4-5-7-19(18)23/h4-8,10,20-21,26H,2-3,9,11-17H2,1H3. The molecule has 5 heteroatoms. The van der Waals surface area contributed by atoms with Crippen LogP contribution in [0.3, 0.4) is 0 Å². The summed E-state index contributed by atoms with van der Waals surface area (Å²) in [7, 11) is 0. The molecular weight excluding hydrogens is 352 g/mol. The first-order valence-electron chi connectivity index (χ1n) is 10.8. The maximum Gasteiger partial charge on any atom is 0.409 e. The minimum atomic E-state index is -0.375. The lowest BCUT2D eigenvalue weighted by Gasteiger charge is -2.46. The average molecular weight is 385 g/mol. The smallest absolute Gasteiger partial charge is 0.409 e. The van der Waals surface area contributed by atoms with Gasteiger partial charge in [-0.3, -0.25) is 4.90 Å². The van der Waals surface area contributed by atoms with Crippen LogP contribution in [0.5, 0.6) is 0 Å². The predicted octanol–water partition coefficient (Wildman–Crippen LogP) is 3.42. The molecule has 5 nitrogen and oxygen atoms in total. The number of piperidine rings is 2. The van der Waals surface area contributed by atoms with Crippen LogP contribution in [0, 0.1) is 0 Å². The van der Waals surface area contributed by atoms with Crippen molar-refractivity contribution in [2.75, 3.05) is 32.8 Å². The molecule has 0 radical (unpaired) electrons. The molecule has 1 aliphatic carbocycles. The molecule has 2 saturated heterocycles. The first kappa shape index (κ1) is 19.5. The zero-order valence-electron chi connectivity index (χ0n) is 16.8. The Bertz CT molecular complexity index is 724. The number of ether oxygens (including phenoxy) is 1. The number of amides is 1. The first-order valence-corrected chi connectivity index (χ1v) is 10.8. The molecule has 152 valence electrons. The number of unbranched alkanes of at least 4 members (excludes halogenated alkanes) is 1. The number of hydrogen-bond acceptors (Lipinski definition) is 4. The Morgan fingerprint density at radius 3 is 2.82 bits per heavy atom. The van der Waals surface area contributed by atoms with Crippen LogP contribution in [0.4, 0.5) is 4.79 Å². The summed E-state index contributed by atoms with van der Waals surface area (Å²) >= 11 is 0. The molecule has 1 amide bonds. The van der Waals surface area contributed by atoms with Crippen molar-refractivity contribution in [1.82, 2.24) is 9.80 Å². The average Bonchev–Trinajstić information content (AvgIpc) is 3.08. The van der Waals surface area contributed by atoms with Gasteiger partial charge in [-0.15, -0.1) is 0 Å². The summed E-state index contributed by atoms with van der Waals surface area (Å²) in [5.74, 6) is 0. The first-order chi connectivity index (χ1) is 13.6. The second-order valence-electron chi connectivity index (χ2n) is 8.45. The zero-order chi connectivity index (χ0) is 19.6. The minimum absolute atomic E-state index is 0.00505. The number of aliphatic hydroxyl groups excluding tert-OH is 1. The maximum atomic E-state index is 12.3. The Morgan fingerprint density at radius 1 is 1.25 bits per heavy atom. The van der Waals surface area contributed by atoms with E-state index in [1.165, 1.54) is 11.1 Å².